The lowest BCUT2D eigenvalue weighted by Crippen LogP contribution is -2.15. The SMILES string of the molecule is CCc1nc(-c2ccc3c(c2)OCCO3)nc(Cl)c1C. The summed E-state index contributed by atoms with van der Waals surface area (Å²) in [6.07, 6.45) is 0.825. The molecule has 2 aromatic rings. The van der Waals surface area contributed by atoms with Crippen LogP contribution in [-0.2, 0) is 6.42 Å². The quantitative estimate of drug-likeness (QED) is 0.795. The van der Waals surface area contributed by atoms with Gasteiger partial charge < -0.3 is 9.47 Å². The second-order valence-electron chi connectivity index (χ2n) is 4.62. The highest BCUT2D eigenvalue weighted by Gasteiger charge is 2.15. The van der Waals surface area contributed by atoms with Crippen LogP contribution in [0, 0.1) is 6.92 Å². The fraction of sp³-hybridized carbons (Fsp3) is 0.333. The molecule has 0 N–H and O–H groups in total. The molecule has 2 heterocycles. The average molecular weight is 291 g/mol. The minimum Gasteiger partial charge on any atom is -0.486 e. The molecule has 20 heavy (non-hydrogen) atoms. The first-order chi connectivity index (χ1) is 9.69. The van der Waals surface area contributed by atoms with Crippen LogP contribution in [0.15, 0.2) is 18.2 Å². The van der Waals surface area contributed by atoms with Crippen LogP contribution in [0.1, 0.15) is 18.2 Å². The number of benzene rings is 1. The molecule has 1 aliphatic rings. The summed E-state index contributed by atoms with van der Waals surface area (Å²) >= 11 is 6.18. The summed E-state index contributed by atoms with van der Waals surface area (Å²) in [5, 5.41) is 0.502. The largest absolute Gasteiger partial charge is 0.486 e. The molecule has 0 atom stereocenters. The van der Waals surface area contributed by atoms with E-state index < -0.39 is 0 Å². The van der Waals surface area contributed by atoms with E-state index in [2.05, 4.69) is 16.9 Å². The molecule has 5 heteroatoms. The first-order valence-electron chi connectivity index (χ1n) is 6.62. The van der Waals surface area contributed by atoms with Crippen molar-refractivity contribution in [1.82, 2.24) is 9.97 Å². The first-order valence-corrected chi connectivity index (χ1v) is 7.00. The maximum atomic E-state index is 6.18. The summed E-state index contributed by atoms with van der Waals surface area (Å²) in [5.41, 5.74) is 2.79. The van der Waals surface area contributed by atoms with Gasteiger partial charge in [-0.3, -0.25) is 0 Å². The molecule has 0 bridgehead atoms. The Morgan fingerprint density at radius 3 is 2.65 bits per heavy atom. The maximum absolute atomic E-state index is 6.18. The third kappa shape index (κ3) is 2.31. The number of rotatable bonds is 2. The Morgan fingerprint density at radius 2 is 1.90 bits per heavy atom. The predicted octanol–water partition coefficient (Wildman–Crippen LogP) is 3.44. The van der Waals surface area contributed by atoms with Gasteiger partial charge >= 0.3 is 0 Å². The topological polar surface area (TPSA) is 44.2 Å². The fourth-order valence-corrected chi connectivity index (χ4v) is 2.38. The van der Waals surface area contributed by atoms with Crippen LogP contribution >= 0.6 is 11.6 Å². The summed E-state index contributed by atoms with van der Waals surface area (Å²) in [5.74, 6) is 2.11. The van der Waals surface area contributed by atoms with E-state index in [9.17, 15) is 0 Å². The highest BCUT2D eigenvalue weighted by atomic mass is 35.5. The molecule has 1 aromatic carbocycles. The number of nitrogens with zero attached hydrogens (tertiary/aromatic N) is 2. The van der Waals surface area contributed by atoms with Crippen LogP contribution in [-0.4, -0.2) is 23.2 Å². The number of aromatic nitrogens is 2. The van der Waals surface area contributed by atoms with Gasteiger partial charge in [-0.1, -0.05) is 18.5 Å². The molecule has 104 valence electrons. The average Bonchev–Trinajstić information content (AvgIpc) is 2.49. The zero-order valence-corrected chi connectivity index (χ0v) is 12.2. The van der Waals surface area contributed by atoms with Gasteiger partial charge in [0.2, 0.25) is 0 Å². The fourth-order valence-electron chi connectivity index (χ4n) is 2.19. The van der Waals surface area contributed by atoms with Gasteiger partial charge in [0.1, 0.15) is 18.4 Å². The second kappa shape index (κ2) is 5.29. The minimum absolute atomic E-state index is 0.502. The minimum atomic E-state index is 0.502. The van der Waals surface area contributed by atoms with Crippen molar-refractivity contribution in [2.45, 2.75) is 20.3 Å². The van der Waals surface area contributed by atoms with Gasteiger partial charge in [-0.2, -0.15) is 0 Å². The first kappa shape index (κ1) is 13.2. The van der Waals surface area contributed by atoms with Gasteiger partial charge in [0.05, 0.1) is 0 Å². The summed E-state index contributed by atoms with van der Waals surface area (Å²) in [7, 11) is 0. The van der Waals surface area contributed by atoms with Crippen LogP contribution in [0.4, 0.5) is 0 Å². The van der Waals surface area contributed by atoms with Crippen molar-refractivity contribution in [3.8, 4) is 22.9 Å². The predicted molar refractivity (Wildman–Crippen MR) is 77.6 cm³/mol. The summed E-state index contributed by atoms with van der Waals surface area (Å²) in [6.45, 7) is 5.14. The van der Waals surface area contributed by atoms with E-state index in [-0.39, 0.29) is 0 Å². The molecular weight excluding hydrogens is 276 g/mol. The van der Waals surface area contributed by atoms with E-state index in [1.807, 2.05) is 25.1 Å². The molecule has 0 aliphatic carbocycles. The second-order valence-corrected chi connectivity index (χ2v) is 4.98. The lowest BCUT2D eigenvalue weighted by atomic mass is 10.1. The van der Waals surface area contributed by atoms with Crippen LogP contribution < -0.4 is 9.47 Å². The molecule has 0 amide bonds. The van der Waals surface area contributed by atoms with E-state index in [1.165, 1.54) is 0 Å². The van der Waals surface area contributed by atoms with E-state index in [0.717, 1.165) is 34.7 Å². The third-order valence-corrected chi connectivity index (χ3v) is 3.69. The molecule has 0 saturated heterocycles. The van der Waals surface area contributed by atoms with Gasteiger partial charge in [-0.05, 0) is 31.5 Å². The van der Waals surface area contributed by atoms with E-state index in [1.54, 1.807) is 0 Å². The Hall–Kier alpha value is -1.81. The van der Waals surface area contributed by atoms with E-state index >= 15 is 0 Å². The van der Waals surface area contributed by atoms with E-state index in [0.29, 0.717) is 24.2 Å². The normalized spacial score (nSPS) is 13.3. The number of fused-ring (bicyclic) bond motifs is 1. The molecule has 4 nitrogen and oxygen atoms in total. The number of hydrogen-bond acceptors (Lipinski definition) is 4. The molecule has 1 aromatic heterocycles. The summed E-state index contributed by atoms with van der Waals surface area (Å²) < 4.78 is 11.1. The van der Waals surface area contributed by atoms with Crippen molar-refractivity contribution in [3.63, 3.8) is 0 Å². The summed E-state index contributed by atoms with van der Waals surface area (Å²) in [4.78, 5) is 8.94. The Kier molecular flexibility index (Phi) is 3.49. The van der Waals surface area contributed by atoms with Gasteiger partial charge in [-0.15, -0.1) is 0 Å². The zero-order valence-electron chi connectivity index (χ0n) is 11.4. The van der Waals surface area contributed by atoms with Gasteiger partial charge in [-0.25, -0.2) is 9.97 Å². The van der Waals surface area contributed by atoms with Crippen molar-refractivity contribution in [2.75, 3.05) is 13.2 Å². The molecule has 0 fully saturated rings. The highest BCUT2D eigenvalue weighted by Crippen LogP contribution is 2.34. The highest BCUT2D eigenvalue weighted by molar-refractivity contribution is 6.30. The molecule has 0 saturated carbocycles. The van der Waals surface area contributed by atoms with Gasteiger partial charge in [0, 0.05) is 16.8 Å². The number of aryl methyl sites for hydroxylation is 1. The number of halogens is 1. The number of ether oxygens (including phenoxy) is 2. The van der Waals surface area contributed by atoms with Gasteiger partial charge in [0.25, 0.3) is 0 Å². The van der Waals surface area contributed by atoms with Crippen molar-refractivity contribution >= 4 is 11.6 Å². The van der Waals surface area contributed by atoms with Crippen LogP contribution in [0.3, 0.4) is 0 Å². The molecular formula is C15H15ClN2O2. The molecule has 0 spiro atoms. The monoisotopic (exact) mass is 290 g/mol. The van der Waals surface area contributed by atoms with Crippen molar-refractivity contribution in [1.29, 1.82) is 0 Å². The third-order valence-electron chi connectivity index (χ3n) is 3.32. The molecule has 1 aliphatic heterocycles. The lowest BCUT2D eigenvalue weighted by molar-refractivity contribution is 0.171. The Morgan fingerprint density at radius 1 is 1.15 bits per heavy atom. The Labute approximate surface area is 122 Å². The van der Waals surface area contributed by atoms with Crippen LogP contribution in [0.25, 0.3) is 11.4 Å². The standard InChI is InChI=1S/C15H15ClN2O2/c1-3-11-9(2)14(16)18-15(17-11)10-4-5-12-13(8-10)20-7-6-19-12/h4-5,8H,3,6-7H2,1-2H3. The Balaban J connectivity index is 2.07. The van der Waals surface area contributed by atoms with E-state index in [4.69, 9.17) is 21.1 Å². The molecule has 3 rings (SSSR count). The van der Waals surface area contributed by atoms with Crippen molar-refractivity contribution in [2.24, 2.45) is 0 Å². The van der Waals surface area contributed by atoms with Gasteiger partial charge in [0.15, 0.2) is 17.3 Å². The molecule has 0 unspecified atom stereocenters. The van der Waals surface area contributed by atoms with Crippen LogP contribution in [0.2, 0.25) is 5.15 Å². The lowest BCUT2D eigenvalue weighted by Gasteiger charge is -2.18. The maximum Gasteiger partial charge on any atom is 0.162 e. The number of hydrogen-bond donors (Lipinski definition) is 0. The smallest absolute Gasteiger partial charge is 0.162 e. The summed E-state index contributed by atoms with van der Waals surface area (Å²) in [6, 6.07) is 5.70. The zero-order chi connectivity index (χ0) is 14.1. The van der Waals surface area contributed by atoms with Crippen molar-refractivity contribution in [3.05, 3.63) is 34.6 Å². The van der Waals surface area contributed by atoms with Crippen molar-refractivity contribution < 1.29 is 9.47 Å². The van der Waals surface area contributed by atoms with Crippen LogP contribution in [0.5, 0.6) is 11.5 Å². The Bertz CT molecular complexity index is 659. The molecule has 0 radical (unpaired) electrons.